The minimum Gasteiger partial charge on any atom is -0.347 e. The second kappa shape index (κ2) is 6.45. The Hall–Kier alpha value is -1.66. The number of benzene rings is 2. The zero-order valence-electron chi connectivity index (χ0n) is 12.2. The summed E-state index contributed by atoms with van der Waals surface area (Å²) in [6.07, 6.45) is 0. The zero-order valence-corrected chi connectivity index (χ0v) is 15.5. The second-order valence-corrected chi connectivity index (χ2v) is 6.36. The normalized spacial score (nSPS) is 19.0. The second-order valence-electron chi connectivity index (χ2n) is 5.45. The highest BCUT2D eigenvalue weighted by Crippen LogP contribution is 2.40. The van der Waals surface area contributed by atoms with E-state index in [2.05, 4.69) is 44.3 Å². The van der Waals surface area contributed by atoms with Gasteiger partial charge in [-0.15, -0.1) is 17.0 Å². The molecule has 1 unspecified atom stereocenters. The number of nitrogens with one attached hydrogen (secondary N) is 1. The van der Waals surface area contributed by atoms with Gasteiger partial charge in [0, 0.05) is 10.0 Å². The molecule has 1 amide bonds. The van der Waals surface area contributed by atoms with Crippen LogP contribution in [0.2, 0.25) is 0 Å². The summed E-state index contributed by atoms with van der Waals surface area (Å²) in [6.45, 7) is 0.821. The van der Waals surface area contributed by atoms with Gasteiger partial charge in [0.2, 0.25) is 5.91 Å². The number of halogens is 2. The maximum absolute atomic E-state index is 11.9. The van der Waals surface area contributed by atoms with Gasteiger partial charge in [-0.3, -0.25) is 4.79 Å². The molecule has 2 aliphatic rings. The topological polar surface area (TPSA) is 44.7 Å². The third kappa shape index (κ3) is 2.93. The standard InChI is InChI=1S/C17H14BrN3O.BrH/c18-12-6-7-14-13(8-12)17(11-4-2-1-3-5-11)21-10-16(22)19-9-15(21)20-14;/h1-8,17H,9-10H2,(H,19,22);1H. The van der Waals surface area contributed by atoms with Crippen LogP contribution in [0.25, 0.3) is 0 Å². The number of hydrogen-bond donors (Lipinski definition) is 1. The van der Waals surface area contributed by atoms with E-state index >= 15 is 0 Å². The van der Waals surface area contributed by atoms with Gasteiger partial charge in [0.05, 0.1) is 24.8 Å². The lowest BCUT2D eigenvalue weighted by Gasteiger charge is -2.40. The molecule has 1 atom stereocenters. The maximum Gasteiger partial charge on any atom is 0.239 e. The molecule has 4 nitrogen and oxygen atoms in total. The predicted octanol–water partition coefficient (Wildman–Crippen LogP) is 3.59. The smallest absolute Gasteiger partial charge is 0.239 e. The van der Waals surface area contributed by atoms with Crippen molar-refractivity contribution in [1.29, 1.82) is 0 Å². The molecule has 4 rings (SSSR count). The van der Waals surface area contributed by atoms with Crippen LogP contribution in [-0.2, 0) is 4.79 Å². The average Bonchev–Trinajstić information content (AvgIpc) is 2.54. The van der Waals surface area contributed by atoms with Crippen molar-refractivity contribution < 1.29 is 4.79 Å². The van der Waals surface area contributed by atoms with Crippen molar-refractivity contribution in [3.8, 4) is 0 Å². The zero-order chi connectivity index (χ0) is 15.1. The van der Waals surface area contributed by atoms with Gasteiger partial charge < -0.3 is 10.2 Å². The van der Waals surface area contributed by atoms with Gasteiger partial charge >= 0.3 is 0 Å². The molecule has 2 aliphatic heterocycles. The van der Waals surface area contributed by atoms with Gasteiger partial charge in [0.15, 0.2) is 0 Å². The number of rotatable bonds is 1. The first-order valence-electron chi connectivity index (χ1n) is 7.18. The molecule has 6 heteroatoms. The SMILES string of the molecule is Br.O=C1CN2C(=Nc3ccc(Br)cc3C2c2ccccc2)CN1. The molecule has 2 heterocycles. The Balaban J connectivity index is 0.00000156. The van der Waals surface area contributed by atoms with E-state index in [9.17, 15) is 4.79 Å². The van der Waals surface area contributed by atoms with Gasteiger partial charge in [-0.2, -0.15) is 0 Å². The molecule has 1 fully saturated rings. The van der Waals surface area contributed by atoms with Crippen molar-refractivity contribution in [2.75, 3.05) is 13.1 Å². The number of nitrogens with zero attached hydrogens (tertiary/aromatic N) is 2. The van der Waals surface area contributed by atoms with Crippen molar-refractivity contribution in [2.45, 2.75) is 6.04 Å². The highest BCUT2D eigenvalue weighted by Gasteiger charge is 2.34. The summed E-state index contributed by atoms with van der Waals surface area (Å²) in [4.78, 5) is 18.7. The monoisotopic (exact) mass is 435 g/mol. The van der Waals surface area contributed by atoms with Crippen LogP contribution >= 0.6 is 32.9 Å². The highest BCUT2D eigenvalue weighted by atomic mass is 79.9. The summed E-state index contributed by atoms with van der Waals surface area (Å²) < 4.78 is 1.02. The Kier molecular flexibility index (Phi) is 4.55. The summed E-state index contributed by atoms with van der Waals surface area (Å²) in [5, 5.41) is 2.87. The predicted molar refractivity (Wildman–Crippen MR) is 99.6 cm³/mol. The van der Waals surface area contributed by atoms with E-state index in [1.807, 2.05) is 30.3 Å². The van der Waals surface area contributed by atoms with Crippen LogP contribution in [0.5, 0.6) is 0 Å². The average molecular weight is 437 g/mol. The third-order valence-electron chi connectivity index (χ3n) is 4.05. The number of carbonyl (C=O) groups is 1. The summed E-state index contributed by atoms with van der Waals surface area (Å²) in [5.74, 6) is 0.960. The van der Waals surface area contributed by atoms with Gasteiger partial charge in [-0.05, 0) is 23.8 Å². The highest BCUT2D eigenvalue weighted by molar-refractivity contribution is 9.10. The molecule has 1 saturated heterocycles. The fourth-order valence-electron chi connectivity index (χ4n) is 3.07. The van der Waals surface area contributed by atoms with E-state index in [0.717, 1.165) is 21.6 Å². The number of aliphatic imine (C=N–C) groups is 1. The van der Waals surface area contributed by atoms with Gasteiger partial charge in [-0.1, -0.05) is 46.3 Å². The van der Waals surface area contributed by atoms with Crippen LogP contribution in [0.15, 0.2) is 58.0 Å². The number of fused-ring (bicyclic) bond motifs is 2. The summed E-state index contributed by atoms with van der Waals surface area (Å²) in [7, 11) is 0. The molecule has 2 aromatic rings. The minimum atomic E-state index is 0. The molecule has 0 bridgehead atoms. The van der Waals surface area contributed by atoms with Crippen molar-refractivity contribution >= 4 is 50.3 Å². The number of carbonyl (C=O) groups excluding carboxylic acids is 1. The third-order valence-corrected chi connectivity index (χ3v) is 4.54. The first-order chi connectivity index (χ1) is 10.7. The van der Waals surface area contributed by atoms with Gasteiger partial charge in [0.1, 0.15) is 5.84 Å². The first kappa shape index (κ1) is 16.2. The van der Waals surface area contributed by atoms with E-state index in [0.29, 0.717) is 13.1 Å². The number of amidine groups is 1. The minimum absolute atomic E-state index is 0. The van der Waals surface area contributed by atoms with E-state index in [1.54, 1.807) is 0 Å². The molecule has 1 N–H and O–H groups in total. The van der Waals surface area contributed by atoms with Crippen LogP contribution in [0.4, 0.5) is 5.69 Å². The molecule has 0 aromatic heterocycles. The lowest BCUT2D eigenvalue weighted by Crippen LogP contribution is -2.53. The lowest BCUT2D eigenvalue weighted by molar-refractivity contribution is -0.122. The van der Waals surface area contributed by atoms with Gasteiger partial charge in [-0.25, -0.2) is 4.99 Å². The molecule has 2 aromatic carbocycles. The summed E-state index contributed by atoms with van der Waals surface area (Å²) in [6, 6.07) is 16.4. The van der Waals surface area contributed by atoms with Crippen LogP contribution in [0, 0.1) is 0 Å². The Morgan fingerprint density at radius 3 is 2.74 bits per heavy atom. The van der Waals surface area contributed by atoms with E-state index in [4.69, 9.17) is 4.99 Å². The lowest BCUT2D eigenvalue weighted by atomic mass is 9.93. The number of hydrogen-bond acceptors (Lipinski definition) is 3. The molecular weight excluding hydrogens is 422 g/mol. The van der Waals surface area contributed by atoms with E-state index in [-0.39, 0.29) is 28.9 Å². The Morgan fingerprint density at radius 2 is 1.96 bits per heavy atom. The Bertz CT molecular complexity index is 777. The van der Waals surface area contributed by atoms with Crippen LogP contribution < -0.4 is 5.32 Å². The van der Waals surface area contributed by atoms with Gasteiger partial charge in [0.25, 0.3) is 0 Å². The quantitative estimate of drug-likeness (QED) is 0.742. The molecule has 0 radical (unpaired) electrons. The summed E-state index contributed by atoms with van der Waals surface area (Å²) >= 11 is 3.54. The van der Waals surface area contributed by atoms with Crippen LogP contribution in [0.1, 0.15) is 17.2 Å². The fraction of sp³-hybridized carbons (Fsp3) is 0.176. The molecule has 0 aliphatic carbocycles. The summed E-state index contributed by atoms with van der Waals surface area (Å²) in [5.41, 5.74) is 3.27. The molecule has 0 spiro atoms. The first-order valence-corrected chi connectivity index (χ1v) is 7.97. The van der Waals surface area contributed by atoms with Crippen molar-refractivity contribution in [2.24, 2.45) is 4.99 Å². The van der Waals surface area contributed by atoms with Crippen LogP contribution in [0.3, 0.4) is 0 Å². The number of amides is 1. The van der Waals surface area contributed by atoms with Crippen molar-refractivity contribution in [3.05, 3.63) is 64.1 Å². The largest absolute Gasteiger partial charge is 0.347 e. The fourth-order valence-corrected chi connectivity index (χ4v) is 3.45. The van der Waals surface area contributed by atoms with E-state index < -0.39 is 0 Å². The molecule has 0 saturated carbocycles. The molecular formula is C17H15Br2N3O. The maximum atomic E-state index is 11.9. The van der Waals surface area contributed by atoms with Crippen molar-refractivity contribution in [3.63, 3.8) is 0 Å². The van der Waals surface area contributed by atoms with E-state index in [1.165, 1.54) is 5.56 Å². The number of piperazine rings is 1. The molecule has 23 heavy (non-hydrogen) atoms. The Labute approximate surface area is 153 Å². The van der Waals surface area contributed by atoms with Crippen LogP contribution in [-0.4, -0.2) is 29.7 Å². The Morgan fingerprint density at radius 1 is 1.17 bits per heavy atom. The van der Waals surface area contributed by atoms with Crippen molar-refractivity contribution in [1.82, 2.24) is 10.2 Å². The molecule has 118 valence electrons.